The molecule has 1 aliphatic heterocycles. The fourth-order valence-corrected chi connectivity index (χ4v) is 4.37. The molecule has 2 rings (SSSR count). The van der Waals surface area contributed by atoms with Crippen LogP contribution < -0.4 is 4.72 Å². The van der Waals surface area contributed by atoms with E-state index in [1.807, 2.05) is 19.0 Å². The first-order valence-corrected chi connectivity index (χ1v) is 9.28. The van der Waals surface area contributed by atoms with Crippen molar-refractivity contribution in [1.82, 2.24) is 14.5 Å². The molecule has 0 radical (unpaired) electrons. The van der Waals surface area contributed by atoms with Gasteiger partial charge in [-0.1, -0.05) is 0 Å². The normalized spacial score (nSPS) is 15.9. The summed E-state index contributed by atoms with van der Waals surface area (Å²) in [7, 11) is 0.241. The molecule has 6 nitrogen and oxygen atoms in total. The van der Waals surface area contributed by atoms with E-state index in [1.54, 1.807) is 10.3 Å². The van der Waals surface area contributed by atoms with Crippen molar-refractivity contribution in [2.75, 3.05) is 40.3 Å². The van der Waals surface area contributed by atoms with E-state index < -0.39 is 10.0 Å². The average molecular weight is 331 g/mol. The van der Waals surface area contributed by atoms with Crippen molar-refractivity contribution in [2.24, 2.45) is 0 Å². The molecule has 2 heterocycles. The van der Waals surface area contributed by atoms with Gasteiger partial charge in [0, 0.05) is 31.6 Å². The second-order valence-electron chi connectivity index (χ2n) is 5.35. The lowest BCUT2D eigenvalue weighted by Gasteiger charge is -2.13. The highest BCUT2D eigenvalue weighted by molar-refractivity contribution is 7.91. The van der Waals surface area contributed by atoms with Crippen LogP contribution in [0, 0.1) is 0 Å². The van der Waals surface area contributed by atoms with E-state index in [4.69, 9.17) is 0 Å². The minimum atomic E-state index is -3.52. The third-order valence-corrected chi connectivity index (χ3v) is 6.23. The van der Waals surface area contributed by atoms with Crippen LogP contribution >= 0.6 is 11.3 Å². The lowest BCUT2D eigenvalue weighted by atomic mass is 10.3. The van der Waals surface area contributed by atoms with E-state index in [0.29, 0.717) is 18.7 Å². The highest BCUT2D eigenvalue weighted by Gasteiger charge is 2.23. The second kappa shape index (κ2) is 6.87. The molecule has 0 saturated carbocycles. The van der Waals surface area contributed by atoms with Gasteiger partial charge in [0.1, 0.15) is 4.21 Å². The van der Waals surface area contributed by atoms with Crippen molar-refractivity contribution in [2.45, 2.75) is 17.1 Å². The number of carbonyl (C=O) groups is 1. The fourth-order valence-electron chi connectivity index (χ4n) is 2.15. The summed E-state index contributed by atoms with van der Waals surface area (Å²) < 4.78 is 27.0. The molecule has 0 aromatic carbocycles. The number of hydrogen-bond acceptors (Lipinski definition) is 5. The van der Waals surface area contributed by atoms with Crippen LogP contribution in [0.2, 0.25) is 0 Å². The molecule has 21 heavy (non-hydrogen) atoms. The molecule has 118 valence electrons. The average Bonchev–Trinajstić information content (AvgIpc) is 3.09. The van der Waals surface area contributed by atoms with E-state index >= 15 is 0 Å². The predicted molar refractivity (Wildman–Crippen MR) is 83.2 cm³/mol. The van der Waals surface area contributed by atoms with Crippen molar-refractivity contribution in [3.63, 3.8) is 0 Å². The number of likely N-dealkylation sites (tertiary alicyclic amines) is 1. The van der Waals surface area contributed by atoms with E-state index in [2.05, 4.69) is 4.72 Å². The number of rotatable bonds is 6. The first-order valence-electron chi connectivity index (χ1n) is 6.92. The molecule has 0 atom stereocenters. The van der Waals surface area contributed by atoms with E-state index in [9.17, 15) is 13.2 Å². The van der Waals surface area contributed by atoms with Gasteiger partial charge in [-0.2, -0.15) is 0 Å². The maximum Gasteiger partial charge on any atom is 0.254 e. The lowest BCUT2D eigenvalue weighted by Crippen LogP contribution is -2.31. The SMILES string of the molecule is CN(C)CCNS(=O)(=O)c1cc(C(=O)N2CCCC2)cs1. The Morgan fingerprint density at radius 1 is 1.38 bits per heavy atom. The smallest absolute Gasteiger partial charge is 0.254 e. The van der Waals surface area contributed by atoms with Gasteiger partial charge in [0.15, 0.2) is 0 Å². The summed E-state index contributed by atoms with van der Waals surface area (Å²) in [5.41, 5.74) is 0.467. The Morgan fingerprint density at radius 3 is 2.67 bits per heavy atom. The topological polar surface area (TPSA) is 69.7 Å². The first kappa shape index (κ1) is 16.4. The summed E-state index contributed by atoms with van der Waals surface area (Å²) >= 11 is 1.09. The molecule has 0 spiro atoms. The van der Waals surface area contributed by atoms with Gasteiger partial charge in [0.05, 0.1) is 5.56 Å². The van der Waals surface area contributed by atoms with Gasteiger partial charge in [-0.15, -0.1) is 11.3 Å². The molecular weight excluding hydrogens is 310 g/mol. The van der Waals surface area contributed by atoms with E-state index in [-0.39, 0.29) is 10.1 Å². The zero-order valence-corrected chi connectivity index (χ0v) is 14.0. The highest BCUT2D eigenvalue weighted by atomic mass is 32.2. The molecule has 1 aromatic rings. The van der Waals surface area contributed by atoms with Crippen LogP contribution in [0.3, 0.4) is 0 Å². The molecule has 1 aliphatic rings. The molecule has 0 bridgehead atoms. The van der Waals surface area contributed by atoms with Crippen LogP contribution in [-0.2, 0) is 10.0 Å². The Balaban J connectivity index is 2.02. The van der Waals surface area contributed by atoms with Crippen molar-refractivity contribution in [3.05, 3.63) is 17.0 Å². The van der Waals surface area contributed by atoms with Gasteiger partial charge in [0.2, 0.25) is 10.0 Å². The van der Waals surface area contributed by atoms with Gasteiger partial charge in [-0.05, 0) is 33.0 Å². The summed E-state index contributed by atoms with van der Waals surface area (Å²) in [6.45, 7) is 2.50. The molecule has 1 amide bonds. The van der Waals surface area contributed by atoms with Crippen LogP contribution in [0.1, 0.15) is 23.2 Å². The van der Waals surface area contributed by atoms with Crippen LogP contribution in [0.4, 0.5) is 0 Å². The van der Waals surface area contributed by atoms with Crippen molar-refractivity contribution in [3.8, 4) is 0 Å². The molecule has 1 saturated heterocycles. The molecule has 0 unspecified atom stereocenters. The largest absolute Gasteiger partial charge is 0.339 e. The summed E-state index contributed by atoms with van der Waals surface area (Å²) in [5, 5.41) is 1.63. The maximum atomic E-state index is 12.2. The Kier molecular flexibility index (Phi) is 5.37. The minimum absolute atomic E-state index is 0.0708. The number of thiophene rings is 1. The number of nitrogens with zero attached hydrogens (tertiary/aromatic N) is 2. The Labute approximate surface area is 129 Å². The number of nitrogens with one attached hydrogen (secondary N) is 1. The van der Waals surface area contributed by atoms with E-state index in [1.165, 1.54) is 6.07 Å². The highest BCUT2D eigenvalue weighted by Crippen LogP contribution is 2.22. The number of hydrogen-bond donors (Lipinski definition) is 1. The molecule has 1 aromatic heterocycles. The van der Waals surface area contributed by atoms with Crippen molar-refractivity contribution in [1.29, 1.82) is 0 Å². The summed E-state index contributed by atoms with van der Waals surface area (Å²) in [6, 6.07) is 1.48. The number of likely N-dealkylation sites (N-methyl/N-ethyl adjacent to an activating group) is 1. The molecular formula is C13H21N3O3S2. The standard InChI is InChI=1S/C13H21N3O3S2/c1-15(2)8-5-14-21(18,19)12-9-11(10-20-12)13(17)16-6-3-4-7-16/h9-10,14H,3-8H2,1-2H3. The molecule has 0 aliphatic carbocycles. The molecule has 1 fully saturated rings. The second-order valence-corrected chi connectivity index (χ2v) is 8.26. The molecule has 8 heteroatoms. The number of sulfonamides is 1. The minimum Gasteiger partial charge on any atom is -0.339 e. The third kappa shape index (κ3) is 4.26. The monoisotopic (exact) mass is 331 g/mol. The number of carbonyl (C=O) groups excluding carboxylic acids is 1. The summed E-state index contributed by atoms with van der Waals surface area (Å²) in [4.78, 5) is 15.9. The van der Waals surface area contributed by atoms with Gasteiger partial charge in [0.25, 0.3) is 5.91 Å². The fraction of sp³-hybridized carbons (Fsp3) is 0.615. The Hall–Kier alpha value is -0.960. The zero-order chi connectivity index (χ0) is 15.5. The Bertz CT molecular complexity index is 590. The van der Waals surface area contributed by atoms with Crippen LogP contribution in [0.5, 0.6) is 0 Å². The number of amides is 1. The van der Waals surface area contributed by atoms with Gasteiger partial charge >= 0.3 is 0 Å². The van der Waals surface area contributed by atoms with Crippen LogP contribution in [0.15, 0.2) is 15.7 Å². The van der Waals surface area contributed by atoms with Crippen molar-refractivity contribution >= 4 is 27.3 Å². The van der Waals surface area contributed by atoms with E-state index in [0.717, 1.165) is 37.3 Å². The third-order valence-electron chi connectivity index (χ3n) is 3.33. The van der Waals surface area contributed by atoms with Crippen LogP contribution in [-0.4, -0.2) is 64.4 Å². The quantitative estimate of drug-likeness (QED) is 0.838. The van der Waals surface area contributed by atoms with Crippen LogP contribution in [0.25, 0.3) is 0 Å². The summed E-state index contributed by atoms with van der Waals surface area (Å²) in [6.07, 6.45) is 2.04. The van der Waals surface area contributed by atoms with Gasteiger partial charge < -0.3 is 9.80 Å². The summed E-state index contributed by atoms with van der Waals surface area (Å²) in [5.74, 6) is -0.0708. The molecule has 1 N–H and O–H groups in total. The van der Waals surface area contributed by atoms with Crippen molar-refractivity contribution < 1.29 is 13.2 Å². The lowest BCUT2D eigenvalue weighted by molar-refractivity contribution is 0.0793. The van der Waals surface area contributed by atoms with Gasteiger partial charge in [-0.25, -0.2) is 13.1 Å². The Morgan fingerprint density at radius 2 is 2.05 bits per heavy atom. The zero-order valence-electron chi connectivity index (χ0n) is 12.3. The maximum absolute atomic E-state index is 12.2. The predicted octanol–water partition coefficient (Wildman–Crippen LogP) is 0.824. The van der Waals surface area contributed by atoms with Gasteiger partial charge in [-0.3, -0.25) is 4.79 Å². The first-order chi connectivity index (χ1) is 9.90.